The summed E-state index contributed by atoms with van der Waals surface area (Å²) >= 11 is 1.50. The fourth-order valence-electron chi connectivity index (χ4n) is 3.16. The minimum absolute atomic E-state index is 0.204. The Hall–Kier alpha value is -3.65. The van der Waals surface area contributed by atoms with Gasteiger partial charge in [-0.2, -0.15) is 0 Å². The number of benzene rings is 2. The average Bonchev–Trinajstić information content (AvgIpc) is 3.25. The molecule has 4 rings (SSSR count). The van der Waals surface area contributed by atoms with E-state index in [4.69, 9.17) is 4.74 Å². The molecule has 30 heavy (non-hydrogen) atoms. The Balaban J connectivity index is 1.82. The number of anilines is 1. The maximum absolute atomic E-state index is 12.6. The van der Waals surface area contributed by atoms with Crippen molar-refractivity contribution in [3.63, 3.8) is 0 Å². The number of hydrogen-bond acceptors (Lipinski definition) is 5. The quantitative estimate of drug-likeness (QED) is 0.502. The minimum Gasteiger partial charge on any atom is -0.455 e. The molecule has 1 N–H and O–H groups in total. The molecule has 8 heteroatoms. The van der Waals surface area contributed by atoms with Crippen LogP contribution in [0.4, 0.5) is 5.69 Å². The zero-order valence-corrected chi connectivity index (χ0v) is 17.2. The number of thiophene rings is 1. The van der Waals surface area contributed by atoms with Crippen molar-refractivity contribution in [2.45, 2.75) is 6.42 Å². The van der Waals surface area contributed by atoms with Crippen LogP contribution in [0.5, 0.6) is 11.5 Å². The lowest BCUT2D eigenvalue weighted by atomic mass is 10.2. The smallest absolute Gasteiger partial charge is 0.316 e. The van der Waals surface area contributed by atoms with Crippen molar-refractivity contribution in [3.8, 4) is 11.5 Å². The van der Waals surface area contributed by atoms with E-state index in [0.29, 0.717) is 28.2 Å². The molecule has 0 aliphatic heterocycles. The standard InChI is InChI=1S/C22H19N3O4S/c1-24-17-12-16(23-20(26)11-15-9-6-10-30-15)19(29-14-7-4-3-5-8-14)13-18(17)25(2)22(28)21(24)27/h3-10,12-13H,11H2,1-2H3,(H,23,26). The van der Waals surface area contributed by atoms with Crippen molar-refractivity contribution < 1.29 is 9.53 Å². The van der Waals surface area contributed by atoms with Crippen molar-refractivity contribution in [1.82, 2.24) is 9.13 Å². The predicted molar refractivity (Wildman–Crippen MR) is 118 cm³/mol. The molecule has 0 bridgehead atoms. The third kappa shape index (κ3) is 3.77. The molecular weight excluding hydrogens is 402 g/mol. The summed E-state index contributed by atoms with van der Waals surface area (Å²) in [5, 5.41) is 4.80. The zero-order chi connectivity index (χ0) is 21.3. The van der Waals surface area contributed by atoms with E-state index in [-0.39, 0.29) is 12.3 Å². The predicted octanol–water partition coefficient (Wildman–Crippen LogP) is 3.27. The van der Waals surface area contributed by atoms with Gasteiger partial charge in [0.2, 0.25) is 5.91 Å². The first-order valence-electron chi connectivity index (χ1n) is 9.23. The molecule has 2 heterocycles. The highest BCUT2D eigenvalue weighted by Crippen LogP contribution is 2.33. The van der Waals surface area contributed by atoms with Gasteiger partial charge in [-0.15, -0.1) is 11.3 Å². The highest BCUT2D eigenvalue weighted by atomic mass is 32.1. The molecule has 0 unspecified atom stereocenters. The zero-order valence-electron chi connectivity index (χ0n) is 16.4. The number of nitrogens with one attached hydrogen (secondary N) is 1. The van der Waals surface area contributed by atoms with Crippen molar-refractivity contribution in [3.05, 3.63) is 85.6 Å². The molecule has 0 saturated carbocycles. The number of carbonyl (C=O) groups excluding carboxylic acids is 1. The Morgan fingerprint density at radius 3 is 2.27 bits per heavy atom. The van der Waals surface area contributed by atoms with Gasteiger partial charge in [-0.25, -0.2) is 0 Å². The third-order valence-electron chi connectivity index (χ3n) is 4.75. The molecule has 0 aliphatic carbocycles. The van der Waals surface area contributed by atoms with Crippen LogP contribution in [0.2, 0.25) is 0 Å². The van der Waals surface area contributed by atoms with E-state index < -0.39 is 11.1 Å². The number of rotatable bonds is 5. The van der Waals surface area contributed by atoms with Gasteiger partial charge in [-0.05, 0) is 29.6 Å². The van der Waals surface area contributed by atoms with Crippen LogP contribution in [0.15, 0.2) is 69.6 Å². The maximum Gasteiger partial charge on any atom is 0.316 e. The lowest BCUT2D eigenvalue weighted by molar-refractivity contribution is -0.115. The second-order valence-corrected chi connectivity index (χ2v) is 7.82. The summed E-state index contributed by atoms with van der Waals surface area (Å²) in [6, 6.07) is 16.2. The van der Waals surface area contributed by atoms with Crippen LogP contribution in [0.3, 0.4) is 0 Å². The molecule has 7 nitrogen and oxygen atoms in total. The van der Waals surface area contributed by atoms with Gasteiger partial charge in [0.05, 0.1) is 23.1 Å². The van der Waals surface area contributed by atoms with Gasteiger partial charge in [0.1, 0.15) is 5.75 Å². The van der Waals surface area contributed by atoms with Crippen LogP contribution in [0.1, 0.15) is 4.88 Å². The molecule has 152 valence electrons. The molecule has 2 aromatic heterocycles. The molecule has 2 aromatic carbocycles. The number of aromatic nitrogens is 2. The van der Waals surface area contributed by atoms with E-state index in [2.05, 4.69) is 5.32 Å². The van der Waals surface area contributed by atoms with Crippen LogP contribution in [-0.4, -0.2) is 15.0 Å². The van der Waals surface area contributed by atoms with Crippen molar-refractivity contribution in [1.29, 1.82) is 0 Å². The Bertz CT molecular complexity index is 1340. The van der Waals surface area contributed by atoms with E-state index in [0.717, 1.165) is 4.88 Å². The largest absolute Gasteiger partial charge is 0.455 e. The Labute approximate surface area is 175 Å². The minimum atomic E-state index is -0.641. The second-order valence-electron chi connectivity index (χ2n) is 6.78. The van der Waals surface area contributed by atoms with Crippen molar-refractivity contribution in [2.75, 3.05) is 5.32 Å². The molecule has 0 atom stereocenters. The normalized spacial score (nSPS) is 10.9. The van der Waals surface area contributed by atoms with Crippen LogP contribution in [0, 0.1) is 0 Å². The number of aryl methyl sites for hydroxylation is 2. The van der Waals surface area contributed by atoms with Gasteiger partial charge in [0.15, 0.2) is 5.75 Å². The molecule has 0 saturated heterocycles. The number of ether oxygens (including phenoxy) is 1. The van der Waals surface area contributed by atoms with E-state index in [9.17, 15) is 14.4 Å². The lowest BCUT2D eigenvalue weighted by Gasteiger charge is -2.16. The monoisotopic (exact) mass is 421 g/mol. The number of carbonyl (C=O) groups is 1. The lowest BCUT2D eigenvalue weighted by Crippen LogP contribution is -2.39. The number of nitrogens with zero attached hydrogens (tertiary/aromatic N) is 2. The molecule has 0 spiro atoms. The van der Waals surface area contributed by atoms with E-state index in [1.807, 2.05) is 35.7 Å². The number of fused-ring (bicyclic) bond motifs is 1. The summed E-state index contributed by atoms with van der Waals surface area (Å²) in [6.45, 7) is 0. The van der Waals surface area contributed by atoms with Gasteiger partial charge >= 0.3 is 11.1 Å². The number of amides is 1. The fraction of sp³-hybridized carbons (Fsp3) is 0.136. The maximum atomic E-state index is 12.6. The first kappa shape index (κ1) is 19.7. The van der Waals surface area contributed by atoms with Crippen molar-refractivity contribution >= 4 is 34.0 Å². The molecular formula is C22H19N3O4S. The number of para-hydroxylation sites is 1. The highest BCUT2D eigenvalue weighted by molar-refractivity contribution is 7.10. The van der Waals surface area contributed by atoms with Gasteiger partial charge < -0.3 is 19.2 Å². The summed E-state index contributed by atoms with van der Waals surface area (Å²) in [6.07, 6.45) is 0.229. The van der Waals surface area contributed by atoms with Gasteiger partial charge in [-0.3, -0.25) is 14.4 Å². The van der Waals surface area contributed by atoms with Gasteiger partial charge in [0.25, 0.3) is 0 Å². The molecule has 0 fully saturated rings. The Morgan fingerprint density at radius 1 is 0.967 bits per heavy atom. The molecule has 1 amide bonds. The Morgan fingerprint density at radius 2 is 1.63 bits per heavy atom. The molecule has 4 aromatic rings. The van der Waals surface area contributed by atoms with E-state index >= 15 is 0 Å². The summed E-state index contributed by atoms with van der Waals surface area (Å²) in [7, 11) is 3.06. The third-order valence-corrected chi connectivity index (χ3v) is 5.63. The van der Waals surface area contributed by atoms with Gasteiger partial charge in [-0.1, -0.05) is 24.3 Å². The summed E-state index contributed by atoms with van der Waals surface area (Å²) in [5.74, 6) is 0.756. The summed E-state index contributed by atoms with van der Waals surface area (Å²) in [5.41, 5.74) is 0.169. The Kier molecular flexibility index (Phi) is 5.24. The molecule has 0 radical (unpaired) electrons. The first-order valence-corrected chi connectivity index (χ1v) is 10.1. The summed E-state index contributed by atoms with van der Waals surface area (Å²) in [4.78, 5) is 38.0. The van der Waals surface area contributed by atoms with Crippen LogP contribution >= 0.6 is 11.3 Å². The SMILES string of the molecule is Cn1c(=O)c(=O)n(C)c2cc(Oc3ccccc3)c(NC(=O)Cc3cccs3)cc21. The average molecular weight is 421 g/mol. The van der Waals surface area contributed by atoms with Crippen molar-refractivity contribution in [2.24, 2.45) is 14.1 Å². The van der Waals surface area contributed by atoms with E-state index in [1.54, 1.807) is 24.3 Å². The summed E-state index contributed by atoms with van der Waals surface area (Å²) < 4.78 is 8.56. The van der Waals surface area contributed by atoms with Crippen LogP contribution in [0.25, 0.3) is 11.0 Å². The highest BCUT2D eigenvalue weighted by Gasteiger charge is 2.16. The molecule has 0 aliphatic rings. The van der Waals surface area contributed by atoms with E-state index in [1.165, 1.54) is 34.6 Å². The topological polar surface area (TPSA) is 82.3 Å². The number of hydrogen-bond donors (Lipinski definition) is 1. The first-order chi connectivity index (χ1) is 14.4. The van der Waals surface area contributed by atoms with Gasteiger partial charge in [0, 0.05) is 25.0 Å². The second kappa shape index (κ2) is 8.00. The van der Waals surface area contributed by atoms with Crippen LogP contribution < -0.4 is 21.2 Å². The fourth-order valence-corrected chi connectivity index (χ4v) is 3.87. The van der Waals surface area contributed by atoms with Crippen LogP contribution in [-0.2, 0) is 25.3 Å².